The van der Waals surface area contributed by atoms with E-state index in [0.29, 0.717) is 18.8 Å². The maximum atomic E-state index is 12.3. The van der Waals surface area contributed by atoms with E-state index in [1.165, 1.54) is 0 Å². The highest BCUT2D eigenvalue weighted by atomic mass is 16.4. The van der Waals surface area contributed by atoms with Crippen LogP contribution < -0.4 is 0 Å². The number of likely N-dealkylation sites (tertiary alicyclic amines) is 1. The zero-order valence-electron chi connectivity index (χ0n) is 10.7. The molecule has 18 heavy (non-hydrogen) atoms. The van der Waals surface area contributed by atoms with Gasteiger partial charge >= 0.3 is 5.97 Å². The first-order valence-corrected chi connectivity index (χ1v) is 6.21. The predicted molar refractivity (Wildman–Crippen MR) is 66.3 cm³/mol. The van der Waals surface area contributed by atoms with Gasteiger partial charge in [-0.05, 0) is 25.0 Å². The Morgan fingerprint density at radius 3 is 2.72 bits per heavy atom. The lowest BCUT2D eigenvalue weighted by atomic mass is 9.99. The molecule has 1 fully saturated rings. The number of aromatic nitrogens is 1. The van der Waals surface area contributed by atoms with Crippen LogP contribution in [0.5, 0.6) is 0 Å². The molecule has 1 N–H and O–H groups in total. The van der Waals surface area contributed by atoms with E-state index in [-0.39, 0.29) is 11.8 Å². The van der Waals surface area contributed by atoms with Crippen molar-refractivity contribution < 1.29 is 14.7 Å². The molecule has 0 aromatic carbocycles. The highest BCUT2D eigenvalue weighted by Gasteiger charge is 2.37. The van der Waals surface area contributed by atoms with Gasteiger partial charge in [-0.15, -0.1) is 0 Å². The molecule has 1 aromatic heterocycles. The third-order valence-electron chi connectivity index (χ3n) is 3.61. The highest BCUT2D eigenvalue weighted by molar-refractivity contribution is 5.93. The molecular weight excluding hydrogens is 232 g/mol. The van der Waals surface area contributed by atoms with E-state index in [0.717, 1.165) is 6.54 Å². The average molecular weight is 250 g/mol. The van der Waals surface area contributed by atoms with E-state index in [9.17, 15) is 9.59 Å². The van der Waals surface area contributed by atoms with Crippen LogP contribution in [0.4, 0.5) is 0 Å². The van der Waals surface area contributed by atoms with Crippen molar-refractivity contribution in [2.45, 2.75) is 20.4 Å². The lowest BCUT2D eigenvalue weighted by molar-refractivity contribution is -0.142. The first-order valence-electron chi connectivity index (χ1n) is 6.21. The zero-order valence-corrected chi connectivity index (χ0v) is 10.7. The summed E-state index contributed by atoms with van der Waals surface area (Å²) in [6.45, 7) is 5.42. The Balaban J connectivity index is 2.14. The van der Waals surface area contributed by atoms with Crippen molar-refractivity contribution >= 4 is 11.9 Å². The number of carbonyl (C=O) groups is 2. The predicted octanol–water partition coefficient (Wildman–Crippen LogP) is 1.30. The van der Waals surface area contributed by atoms with Gasteiger partial charge in [0.05, 0.1) is 5.92 Å². The topological polar surface area (TPSA) is 62.5 Å². The first-order chi connectivity index (χ1) is 8.54. The number of carboxylic acid groups (broad SMARTS) is 1. The van der Waals surface area contributed by atoms with Crippen molar-refractivity contribution in [2.24, 2.45) is 11.8 Å². The fourth-order valence-electron chi connectivity index (χ4n) is 2.50. The van der Waals surface area contributed by atoms with Gasteiger partial charge in [-0.2, -0.15) is 0 Å². The minimum Gasteiger partial charge on any atom is -0.481 e. The van der Waals surface area contributed by atoms with Gasteiger partial charge in [0.25, 0.3) is 5.91 Å². The lowest BCUT2D eigenvalue weighted by Gasteiger charge is -2.17. The van der Waals surface area contributed by atoms with E-state index in [1.807, 2.05) is 30.7 Å². The maximum Gasteiger partial charge on any atom is 0.308 e. The van der Waals surface area contributed by atoms with Crippen LogP contribution in [0.2, 0.25) is 0 Å². The number of amides is 1. The molecule has 1 amide bonds. The molecule has 1 aliphatic rings. The molecule has 0 bridgehead atoms. The highest BCUT2D eigenvalue weighted by Crippen LogP contribution is 2.24. The second-order valence-electron chi connectivity index (χ2n) is 4.81. The summed E-state index contributed by atoms with van der Waals surface area (Å²) in [7, 11) is 0. The lowest BCUT2D eigenvalue weighted by Crippen LogP contribution is -2.31. The van der Waals surface area contributed by atoms with Gasteiger partial charge in [0.2, 0.25) is 0 Å². The number of aliphatic carboxylic acids is 1. The van der Waals surface area contributed by atoms with Crippen LogP contribution in [0, 0.1) is 11.8 Å². The van der Waals surface area contributed by atoms with Gasteiger partial charge < -0.3 is 14.6 Å². The van der Waals surface area contributed by atoms with Crippen molar-refractivity contribution in [3.05, 3.63) is 24.0 Å². The number of nitrogens with zero attached hydrogens (tertiary/aromatic N) is 2. The summed E-state index contributed by atoms with van der Waals surface area (Å²) in [5.41, 5.74) is 0.635. The second kappa shape index (κ2) is 4.84. The number of carboxylic acids is 1. The molecule has 0 spiro atoms. The van der Waals surface area contributed by atoms with Crippen molar-refractivity contribution in [3.8, 4) is 0 Å². The monoisotopic (exact) mass is 250 g/mol. The Kier molecular flexibility index (Phi) is 3.41. The molecule has 0 radical (unpaired) electrons. The van der Waals surface area contributed by atoms with Gasteiger partial charge in [-0.1, -0.05) is 6.92 Å². The third-order valence-corrected chi connectivity index (χ3v) is 3.61. The summed E-state index contributed by atoms with van der Waals surface area (Å²) in [6.07, 6.45) is 1.86. The molecule has 5 heteroatoms. The molecule has 1 aliphatic heterocycles. The zero-order chi connectivity index (χ0) is 13.3. The molecule has 98 valence electrons. The Morgan fingerprint density at radius 2 is 2.17 bits per heavy atom. The van der Waals surface area contributed by atoms with E-state index in [1.54, 1.807) is 11.0 Å². The van der Waals surface area contributed by atoms with Crippen molar-refractivity contribution in [3.63, 3.8) is 0 Å². The third kappa shape index (κ3) is 2.12. The van der Waals surface area contributed by atoms with Crippen LogP contribution in [0.1, 0.15) is 24.3 Å². The molecule has 1 aromatic rings. The number of hydrogen-bond acceptors (Lipinski definition) is 2. The van der Waals surface area contributed by atoms with Gasteiger partial charge in [-0.3, -0.25) is 9.59 Å². The van der Waals surface area contributed by atoms with Crippen LogP contribution in [0.15, 0.2) is 18.3 Å². The van der Waals surface area contributed by atoms with Gasteiger partial charge in [-0.25, -0.2) is 0 Å². The number of carbonyl (C=O) groups excluding carboxylic acids is 1. The van der Waals surface area contributed by atoms with Crippen LogP contribution >= 0.6 is 0 Å². The number of hydrogen-bond donors (Lipinski definition) is 1. The summed E-state index contributed by atoms with van der Waals surface area (Å²) in [6, 6.07) is 3.62. The van der Waals surface area contributed by atoms with Crippen molar-refractivity contribution in [2.75, 3.05) is 13.1 Å². The smallest absolute Gasteiger partial charge is 0.308 e. The number of rotatable bonds is 3. The minimum absolute atomic E-state index is 0.0106. The molecule has 2 rings (SSSR count). The SMILES string of the molecule is CCn1cccc1C(=O)N1C[C@@H](C)[C@H](C(=O)O)C1. The van der Waals surface area contributed by atoms with E-state index >= 15 is 0 Å². The molecule has 0 aliphatic carbocycles. The van der Waals surface area contributed by atoms with Gasteiger partial charge in [0, 0.05) is 25.8 Å². The van der Waals surface area contributed by atoms with Crippen molar-refractivity contribution in [1.82, 2.24) is 9.47 Å². The first kappa shape index (κ1) is 12.7. The average Bonchev–Trinajstić information content (AvgIpc) is 2.93. The Hall–Kier alpha value is -1.78. The Bertz CT molecular complexity index is 467. The quantitative estimate of drug-likeness (QED) is 0.879. The van der Waals surface area contributed by atoms with Crippen molar-refractivity contribution in [1.29, 1.82) is 0 Å². The molecule has 1 saturated heterocycles. The molecule has 5 nitrogen and oxygen atoms in total. The van der Waals surface area contributed by atoms with Crippen LogP contribution in [-0.4, -0.2) is 39.5 Å². The van der Waals surface area contributed by atoms with Crippen LogP contribution in [-0.2, 0) is 11.3 Å². The summed E-state index contributed by atoms with van der Waals surface area (Å²) in [5.74, 6) is -1.32. The maximum absolute atomic E-state index is 12.3. The van der Waals surface area contributed by atoms with E-state index in [4.69, 9.17) is 5.11 Å². The van der Waals surface area contributed by atoms with Crippen LogP contribution in [0.3, 0.4) is 0 Å². The summed E-state index contributed by atoms with van der Waals surface area (Å²) in [4.78, 5) is 25.0. The standard InChI is InChI=1S/C13H18N2O3/c1-3-14-6-4-5-11(14)12(16)15-7-9(2)10(8-15)13(17)18/h4-6,9-10H,3,7-8H2,1-2H3,(H,17,18)/t9-,10-/m1/s1. The second-order valence-corrected chi connectivity index (χ2v) is 4.81. The van der Waals surface area contributed by atoms with E-state index < -0.39 is 11.9 Å². The van der Waals surface area contributed by atoms with Gasteiger partial charge in [0.15, 0.2) is 0 Å². The summed E-state index contributed by atoms with van der Waals surface area (Å²) >= 11 is 0. The van der Waals surface area contributed by atoms with Crippen LogP contribution in [0.25, 0.3) is 0 Å². The normalized spacial score (nSPS) is 23.3. The summed E-state index contributed by atoms with van der Waals surface area (Å²) < 4.78 is 1.88. The van der Waals surface area contributed by atoms with E-state index in [2.05, 4.69) is 0 Å². The Morgan fingerprint density at radius 1 is 1.44 bits per heavy atom. The fourth-order valence-corrected chi connectivity index (χ4v) is 2.50. The molecule has 0 saturated carbocycles. The van der Waals surface area contributed by atoms with Gasteiger partial charge in [0.1, 0.15) is 5.69 Å². The number of aryl methyl sites for hydroxylation is 1. The Labute approximate surface area is 106 Å². The molecule has 2 heterocycles. The molecule has 2 atom stereocenters. The largest absolute Gasteiger partial charge is 0.481 e. The fraction of sp³-hybridized carbons (Fsp3) is 0.538. The molecular formula is C13H18N2O3. The summed E-state index contributed by atoms with van der Waals surface area (Å²) in [5, 5.41) is 9.07. The minimum atomic E-state index is -0.816. The molecule has 0 unspecified atom stereocenters.